The van der Waals surface area contributed by atoms with Gasteiger partial charge in [-0.3, -0.25) is 14.9 Å². The van der Waals surface area contributed by atoms with Crippen molar-refractivity contribution >= 4 is 57.1 Å². The maximum Gasteiger partial charge on any atom is 0.335 e. The Morgan fingerprint density at radius 1 is 1.00 bits per heavy atom. The van der Waals surface area contributed by atoms with E-state index in [0.29, 0.717) is 15.7 Å². The molecule has 0 aromatic heterocycles. The van der Waals surface area contributed by atoms with Crippen LogP contribution in [0.5, 0.6) is 5.75 Å². The van der Waals surface area contributed by atoms with Gasteiger partial charge in [0.15, 0.2) is 0 Å². The number of rotatable bonds is 3. The van der Waals surface area contributed by atoms with Gasteiger partial charge in [-0.15, -0.1) is 0 Å². The van der Waals surface area contributed by atoms with Crippen LogP contribution in [0.1, 0.15) is 49.7 Å². The summed E-state index contributed by atoms with van der Waals surface area (Å²) in [7, 11) is 0. The van der Waals surface area contributed by atoms with Gasteiger partial charge in [-0.2, -0.15) is 0 Å². The molecule has 35 heavy (non-hydrogen) atoms. The molecular weight excluding hydrogens is 532 g/mol. The third kappa shape index (κ3) is 3.80. The van der Waals surface area contributed by atoms with E-state index < -0.39 is 17.8 Å². The molecule has 6 nitrogen and oxygen atoms in total. The molecule has 4 bridgehead atoms. The van der Waals surface area contributed by atoms with Crippen molar-refractivity contribution in [3.63, 3.8) is 0 Å². The van der Waals surface area contributed by atoms with Crippen molar-refractivity contribution in [3.05, 3.63) is 62.6 Å². The number of halogens is 2. The van der Waals surface area contributed by atoms with Crippen molar-refractivity contribution in [2.24, 2.45) is 17.8 Å². The van der Waals surface area contributed by atoms with E-state index in [0.717, 1.165) is 22.7 Å². The fourth-order valence-electron chi connectivity index (χ4n) is 7.16. The lowest BCUT2D eigenvalue weighted by Gasteiger charge is -2.57. The van der Waals surface area contributed by atoms with E-state index in [-0.39, 0.29) is 21.8 Å². The maximum atomic E-state index is 13.3. The van der Waals surface area contributed by atoms with E-state index >= 15 is 0 Å². The topological polar surface area (TPSA) is 86.7 Å². The summed E-state index contributed by atoms with van der Waals surface area (Å²) in [4.78, 5) is 39.4. The van der Waals surface area contributed by atoms with Crippen LogP contribution in [0.4, 0.5) is 10.5 Å². The molecule has 7 rings (SSSR count). The molecule has 2 aromatic rings. The summed E-state index contributed by atoms with van der Waals surface area (Å²) in [6.45, 7) is 0. The van der Waals surface area contributed by atoms with Crippen LogP contribution in [-0.2, 0) is 15.0 Å². The average molecular weight is 556 g/mol. The zero-order valence-corrected chi connectivity index (χ0v) is 21.2. The third-order valence-electron chi connectivity index (χ3n) is 8.23. The van der Waals surface area contributed by atoms with Crippen molar-refractivity contribution in [2.45, 2.75) is 43.9 Å². The van der Waals surface area contributed by atoms with E-state index in [1.165, 1.54) is 62.3 Å². The minimum Gasteiger partial charge on any atom is -0.505 e. The van der Waals surface area contributed by atoms with Gasteiger partial charge in [0.05, 0.1) is 15.2 Å². The number of carbonyl (C=O) groups is 3. The molecule has 2 aromatic carbocycles. The molecule has 0 unspecified atom stereocenters. The molecule has 0 spiro atoms. The Balaban J connectivity index is 1.30. The van der Waals surface area contributed by atoms with Crippen LogP contribution in [0.15, 0.2) is 46.4 Å². The van der Waals surface area contributed by atoms with E-state index in [9.17, 15) is 19.5 Å². The van der Waals surface area contributed by atoms with Crippen LogP contribution < -0.4 is 10.2 Å². The van der Waals surface area contributed by atoms with Crippen molar-refractivity contribution in [1.82, 2.24) is 5.32 Å². The van der Waals surface area contributed by atoms with E-state index in [1.807, 2.05) is 12.1 Å². The number of carbonyl (C=O) groups excluding carboxylic acids is 3. The number of aromatic hydroxyl groups is 1. The summed E-state index contributed by atoms with van der Waals surface area (Å²) in [6.07, 6.45) is 9.15. The first-order valence-corrected chi connectivity index (χ1v) is 13.1. The molecule has 4 amide bonds. The molecule has 4 aliphatic carbocycles. The molecule has 0 atom stereocenters. The maximum absolute atomic E-state index is 13.3. The second-order valence-electron chi connectivity index (χ2n) is 10.5. The second-order valence-corrected chi connectivity index (χ2v) is 11.8. The van der Waals surface area contributed by atoms with Gasteiger partial charge in [0.25, 0.3) is 11.8 Å². The van der Waals surface area contributed by atoms with Gasteiger partial charge < -0.3 is 5.11 Å². The molecular formula is C27H24BrClN2O4. The number of nitrogens with zero attached hydrogens (tertiary/aromatic N) is 1. The molecule has 2 N–H and O–H groups in total. The van der Waals surface area contributed by atoms with Gasteiger partial charge in [0.2, 0.25) is 0 Å². The average Bonchev–Trinajstić information content (AvgIpc) is 2.79. The number of benzene rings is 2. The fraction of sp³-hybridized carbons (Fsp3) is 0.370. The summed E-state index contributed by atoms with van der Waals surface area (Å²) < 4.78 is 0.328. The summed E-state index contributed by atoms with van der Waals surface area (Å²) in [5, 5.41) is 12.2. The first-order valence-electron chi connectivity index (χ1n) is 11.9. The van der Waals surface area contributed by atoms with Crippen LogP contribution in [0.3, 0.4) is 0 Å². The highest BCUT2D eigenvalue weighted by Gasteiger charge is 2.51. The van der Waals surface area contributed by atoms with Crippen LogP contribution in [-0.4, -0.2) is 23.0 Å². The monoisotopic (exact) mass is 554 g/mol. The number of phenols is 1. The van der Waals surface area contributed by atoms with E-state index in [2.05, 4.69) is 33.4 Å². The molecule has 8 heteroatoms. The number of hydrogen-bond donors (Lipinski definition) is 2. The highest BCUT2D eigenvalue weighted by atomic mass is 79.9. The summed E-state index contributed by atoms with van der Waals surface area (Å²) in [5.74, 6) is 0.847. The lowest BCUT2D eigenvalue weighted by molar-refractivity contribution is -0.122. The standard InChI is InChI=1S/C27H24BrClN2O4/c28-21-9-14(10-22(29)23(21)32)8-20-24(33)30-26(35)31(25(20)34)19-3-1-18(2-4-19)27-11-15-5-16(12-27)7-17(6-15)13-27/h1-4,8-10,15-17,32H,5-7,11-13H2,(H,30,33,35)/b20-8+. The highest BCUT2D eigenvalue weighted by Crippen LogP contribution is 2.60. The van der Waals surface area contributed by atoms with Crippen molar-refractivity contribution in [1.29, 1.82) is 0 Å². The molecule has 1 saturated heterocycles. The Hall–Kier alpha value is -2.64. The van der Waals surface area contributed by atoms with E-state index in [4.69, 9.17) is 11.6 Å². The van der Waals surface area contributed by atoms with Gasteiger partial charge in [-0.1, -0.05) is 23.7 Å². The molecule has 5 fully saturated rings. The lowest BCUT2D eigenvalue weighted by Crippen LogP contribution is -2.54. The summed E-state index contributed by atoms with van der Waals surface area (Å²) >= 11 is 9.23. The number of nitrogens with one attached hydrogen (secondary N) is 1. The first kappa shape index (κ1) is 22.8. The number of imide groups is 2. The molecule has 180 valence electrons. The van der Waals surface area contributed by atoms with Crippen molar-refractivity contribution in [2.75, 3.05) is 4.90 Å². The normalized spacial score (nSPS) is 30.8. The molecule has 5 aliphatic rings. The predicted molar refractivity (Wildman–Crippen MR) is 136 cm³/mol. The largest absolute Gasteiger partial charge is 0.505 e. The Bertz CT molecular complexity index is 1240. The second kappa shape index (κ2) is 8.20. The zero-order chi connectivity index (χ0) is 24.5. The Kier molecular flexibility index (Phi) is 5.34. The van der Waals surface area contributed by atoms with Crippen LogP contribution in [0.25, 0.3) is 6.08 Å². The van der Waals surface area contributed by atoms with Gasteiger partial charge in [0, 0.05) is 0 Å². The van der Waals surface area contributed by atoms with Gasteiger partial charge in [-0.05, 0) is 119 Å². The quantitative estimate of drug-likeness (QED) is 0.362. The Labute approximate surface area is 216 Å². The molecule has 1 aliphatic heterocycles. The van der Waals surface area contributed by atoms with Gasteiger partial charge in [0.1, 0.15) is 11.3 Å². The number of phenolic OH excluding ortho intramolecular Hbond substituents is 1. The van der Waals surface area contributed by atoms with Crippen LogP contribution in [0, 0.1) is 17.8 Å². The minimum atomic E-state index is -0.776. The SMILES string of the molecule is O=C1NC(=O)N(c2ccc(C34CC5CC(CC(C5)C3)C4)cc2)C(=O)/C1=C/c1cc(Cl)c(O)c(Br)c1. The van der Waals surface area contributed by atoms with E-state index in [1.54, 1.807) is 0 Å². The van der Waals surface area contributed by atoms with Gasteiger partial charge >= 0.3 is 6.03 Å². The van der Waals surface area contributed by atoms with Crippen LogP contribution in [0.2, 0.25) is 5.02 Å². The smallest absolute Gasteiger partial charge is 0.335 e. The van der Waals surface area contributed by atoms with Crippen molar-refractivity contribution < 1.29 is 19.5 Å². The van der Waals surface area contributed by atoms with Crippen LogP contribution >= 0.6 is 27.5 Å². The zero-order valence-electron chi connectivity index (χ0n) is 18.9. The third-order valence-corrected chi connectivity index (χ3v) is 9.12. The Morgan fingerprint density at radius 3 is 2.17 bits per heavy atom. The summed E-state index contributed by atoms with van der Waals surface area (Å²) in [5.41, 5.74) is 2.17. The van der Waals surface area contributed by atoms with Gasteiger partial charge in [-0.25, -0.2) is 9.69 Å². The fourth-order valence-corrected chi connectivity index (χ4v) is 7.98. The number of anilines is 1. The Morgan fingerprint density at radius 2 is 1.60 bits per heavy atom. The summed E-state index contributed by atoms with van der Waals surface area (Å²) in [6, 6.07) is 9.94. The molecule has 4 saturated carbocycles. The first-order chi connectivity index (χ1) is 16.7. The highest BCUT2D eigenvalue weighted by molar-refractivity contribution is 9.10. The number of amides is 4. The molecule has 1 heterocycles. The van der Waals surface area contributed by atoms with Crippen molar-refractivity contribution in [3.8, 4) is 5.75 Å². The number of urea groups is 1. The minimum absolute atomic E-state index is 0.0723. The lowest BCUT2D eigenvalue weighted by atomic mass is 9.48. The number of hydrogen-bond acceptors (Lipinski definition) is 4. The number of barbiturate groups is 1. The predicted octanol–water partition coefficient (Wildman–Crippen LogP) is 5.94. The molecule has 0 radical (unpaired) electrons.